The molecule has 3 nitrogen and oxygen atoms in total. The van der Waals surface area contributed by atoms with Gasteiger partial charge in [-0.05, 0) is 36.5 Å². The summed E-state index contributed by atoms with van der Waals surface area (Å²) < 4.78 is 10.5. The number of esters is 1. The van der Waals surface area contributed by atoms with Crippen molar-refractivity contribution in [3.63, 3.8) is 0 Å². The van der Waals surface area contributed by atoms with E-state index in [1.165, 1.54) is 0 Å². The number of benzene rings is 2. The molecule has 2 aromatic rings. The first-order valence-corrected chi connectivity index (χ1v) is 7.57. The standard InChI is InChI=1S/C19H22O3/c1-3-22-19(20)14-17(15-9-5-4-6-10-15)13-16-11-7-8-12-18(16)21-2/h4-12,17H,3,13-14H2,1-2H3. The number of carbonyl (C=O) groups is 1. The van der Waals surface area contributed by atoms with Crippen LogP contribution in [-0.2, 0) is 16.0 Å². The first-order chi connectivity index (χ1) is 10.7. The molecule has 0 saturated carbocycles. The van der Waals surface area contributed by atoms with Gasteiger partial charge in [-0.15, -0.1) is 0 Å². The highest BCUT2D eigenvalue weighted by Gasteiger charge is 2.19. The van der Waals surface area contributed by atoms with E-state index in [1.807, 2.05) is 49.4 Å². The van der Waals surface area contributed by atoms with E-state index in [4.69, 9.17) is 9.47 Å². The van der Waals surface area contributed by atoms with Gasteiger partial charge in [0.2, 0.25) is 0 Å². The van der Waals surface area contributed by atoms with Crippen LogP contribution in [0, 0.1) is 0 Å². The zero-order valence-electron chi connectivity index (χ0n) is 13.1. The summed E-state index contributed by atoms with van der Waals surface area (Å²) in [6, 6.07) is 18.0. The highest BCUT2D eigenvalue weighted by molar-refractivity contribution is 5.70. The van der Waals surface area contributed by atoms with Gasteiger partial charge in [-0.2, -0.15) is 0 Å². The third kappa shape index (κ3) is 4.35. The van der Waals surface area contributed by atoms with Gasteiger partial charge in [0.1, 0.15) is 5.75 Å². The Morgan fingerprint density at radius 3 is 2.41 bits per heavy atom. The van der Waals surface area contributed by atoms with Gasteiger partial charge in [-0.3, -0.25) is 4.79 Å². The topological polar surface area (TPSA) is 35.5 Å². The summed E-state index contributed by atoms with van der Waals surface area (Å²) in [4.78, 5) is 11.9. The maximum absolute atomic E-state index is 11.9. The molecule has 116 valence electrons. The minimum absolute atomic E-state index is 0.0801. The molecule has 0 heterocycles. The van der Waals surface area contributed by atoms with Crippen molar-refractivity contribution >= 4 is 5.97 Å². The van der Waals surface area contributed by atoms with Crippen LogP contribution in [-0.4, -0.2) is 19.7 Å². The number of methoxy groups -OCH3 is 1. The van der Waals surface area contributed by atoms with Crippen LogP contribution in [0.1, 0.15) is 30.4 Å². The minimum Gasteiger partial charge on any atom is -0.496 e. The molecule has 1 unspecified atom stereocenters. The van der Waals surface area contributed by atoms with Crippen molar-refractivity contribution in [1.29, 1.82) is 0 Å². The Morgan fingerprint density at radius 2 is 1.73 bits per heavy atom. The van der Waals surface area contributed by atoms with Crippen LogP contribution in [0.2, 0.25) is 0 Å². The maximum atomic E-state index is 11.9. The molecule has 0 aliphatic carbocycles. The van der Waals surface area contributed by atoms with Gasteiger partial charge in [0.25, 0.3) is 0 Å². The van der Waals surface area contributed by atoms with Crippen molar-refractivity contribution < 1.29 is 14.3 Å². The van der Waals surface area contributed by atoms with Gasteiger partial charge in [0.05, 0.1) is 20.1 Å². The van der Waals surface area contributed by atoms with Gasteiger partial charge < -0.3 is 9.47 Å². The second-order valence-electron chi connectivity index (χ2n) is 5.13. The molecular weight excluding hydrogens is 276 g/mol. The van der Waals surface area contributed by atoms with Crippen molar-refractivity contribution in [2.45, 2.75) is 25.7 Å². The average molecular weight is 298 g/mol. The summed E-state index contributed by atoms with van der Waals surface area (Å²) in [5.74, 6) is 0.773. The smallest absolute Gasteiger partial charge is 0.306 e. The Labute approximate surface area is 131 Å². The zero-order chi connectivity index (χ0) is 15.8. The van der Waals surface area contributed by atoms with Crippen LogP contribution in [0.25, 0.3) is 0 Å². The SMILES string of the molecule is CCOC(=O)CC(Cc1ccccc1OC)c1ccccc1. The Kier molecular flexibility index (Phi) is 6.01. The Hall–Kier alpha value is -2.29. The highest BCUT2D eigenvalue weighted by Crippen LogP contribution is 2.29. The lowest BCUT2D eigenvalue weighted by Crippen LogP contribution is -2.13. The van der Waals surface area contributed by atoms with Crippen LogP contribution in [0.5, 0.6) is 5.75 Å². The molecule has 0 radical (unpaired) electrons. The number of ether oxygens (including phenoxy) is 2. The monoisotopic (exact) mass is 298 g/mol. The molecule has 22 heavy (non-hydrogen) atoms. The van der Waals surface area contributed by atoms with Crippen LogP contribution in [0.15, 0.2) is 54.6 Å². The fraction of sp³-hybridized carbons (Fsp3) is 0.316. The second-order valence-corrected chi connectivity index (χ2v) is 5.13. The Bertz CT molecular complexity index is 593. The van der Waals surface area contributed by atoms with Crippen molar-refractivity contribution in [2.24, 2.45) is 0 Å². The molecule has 0 fully saturated rings. The predicted molar refractivity (Wildman–Crippen MR) is 87.1 cm³/mol. The zero-order valence-corrected chi connectivity index (χ0v) is 13.1. The largest absolute Gasteiger partial charge is 0.496 e. The molecule has 0 bridgehead atoms. The summed E-state index contributed by atoms with van der Waals surface area (Å²) in [7, 11) is 1.67. The number of hydrogen-bond donors (Lipinski definition) is 0. The first kappa shape index (κ1) is 16.1. The fourth-order valence-electron chi connectivity index (χ4n) is 2.59. The fourth-order valence-corrected chi connectivity index (χ4v) is 2.59. The quantitative estimate of drug-likeness (QED) is 0.725. The van der Waals surface area contributed by atoms with Crippen LogP contribution >= 0.6 is 0 Å². The molecule has 2 rings (SSSR count). The van der Waals surface area contributed by atoms with E-state index in [-0.39, 0.29) is 11.9 Å². The third-order valence-electron chi connectivity index (χ3n) is 3.65. The van der Waals surface area contributed by atoms with Gasteiger partial charge in [-0.25, -0.2) is 0 Å². The van der Waals surface area contributed by atoms with Gasteiger partial charge >= 0.3 is 5.97 Å². The molecule has 0 amide bonds. The van der Waals surface area contributed by atoms with E-state index >= 15 is 0 Å². The Morgan fingerprint density at radius 1 is 1.05 bits per heavy atom. The molecule has 1 atom stereocenters. The summed E-state index contributed by atoms with van der Waals surface area (Å²) in [6.07, 6.45) is 1.11. The normalized spacial score (nSPS) is 11.7. The summed E-state index contributed by atoms with van der Waals surface area (Å²) in [6.45, 7) is 2.24. The van der Waals surface area contributed by atoms with Crippen LogP contribution in [0.4, 0.5) is 0 Å². The van der Waals surface area contributed by atoms with Crippen molar-refractivity contribution in [1.82, 2.24) is 0 Å². The van der Waals surface area contributed by atoms with Gasteiger partial charge in [0.15, 0.2) is 0 Å². The predicted octanol–water partition coefficient (Wildman–Crippen LogP) is 3.97. The van der Waals surface area contributed by atoms with E-state index in [2.05, 4.69) is 12.1 Å². The summed E-state index contributed by atoms with van der Waals surface area (Å²) >= 11 is 0. The van der Waals surface area contributed by atoms with E-state index < -0.39 is 0 Å². The second kappa shape index (κ2) is 8.23. The number of carbonyl (C=O) groups excluding carboxylic acids is 1. The lowest BCUT2D eigenvalue weighted by atomic mass is 9.89. The molecular formula is C19H22O3. The van der Waals surface area contributed by atoms with Crippen LogP contribution in [0.3, 0.4) is 0 Å². The summed E-state index contributed by atoms with van der Waals surface area (Å²) in [5, 5.41) is 0. The van der Waals surface area contributed by atoms with E-state index in [0.29, 0.717) is 13.0 Å². The first-order valence-electron chi connectivity index (χ1n) is 7.57. The lowest BCUT2D eigenvalue weighted by Gasteiger charge is -2.18. The molecule has 0 spiro atoms. The van der Waals surface area contributed by atoms with Crippen LogP contribution < -0.4 is 4.74 Å². The molecule has 0 aliphatic rings. The Balaban J connectivity index is 2.22. The number of hydrogen-bond acceptors (Lipinski definition) is 3. The number of para-hydroxylation sites is 1. The number of rotatable bonds is 7. The van der Waals surface area contributed by atoms with E-state index in [1.54, 1.807) is 7.11 Å². The van der Waals surface area contributed by atoms with Gasteiger partial charge in [-0.1, -0.05) is 48.5 Å². The summed E-state index contributed by atoms with van der Waals surface area (Å²) in [5.41, 5.74) is 2.24. The average Bonchev–Trinajstić information content (AvgIpc) is 2.56. The van der Waals surface area contributed by atoms with E-state index in [9.17, 15) is 4.79 Å². The maximum Gasteiger partial charge on any atom is 0.306 e. The van der Waals surface area contributed by atoms with Crippen molar-refractivity contribution in [3.05, 3.63) is 65.7 Å². The third-order valence-corrected chi connectivity index (χ3v) is 3.65. The van der Waals surface area contributed by atoms with Crippen molar-refractivity contribution in [3.8, 4) is 5.75 Å². The van der Waals surface area contributed by atoms with E-state index in [0.717, 1.165) is 23.3 Å². The molecule has 2 aromatic carbocycles. The van der Waals surface area contributed by atoms with Crippen molar-refractivity contribution in [2.75, 3.05) is 13.7 Å². The lowest BCUT2D eigenvalue weighted by molar-refractivity contribution is -0.143. The molecule has 0 N–H and O–H groups in total. The molecule has 0 saturated heterocycles. The molecule has 0 aliphatic heterocycles. The molecule has 3 heteroatoms. The highest BCUT2D eigenvalue weighted by atomic mass is 16.5. The van der Waals surface area contributed by atoms with Gasteiger partial charge in [0, 0.05) is 0 Å². The molecule has 0 aromatic heterocycles. The minimum atomic E-state index is -0.161.